The van der Waals surface area contributed by atoms with Crippen LogP contribution in [0.5, 0.6) is 0 Å². The molecule has 158 valence electrons. The number of likely N-dealkylation sites (N-methyl/N-ethyl adjacent to an activating group) is 1. The number of hydrogen-bond acceptors (Lipinski definition) is 6. The van der Waals surface area contributed by atoms with Crippen molar-refractivity contribution in [2.75, 3.05) is 24.5 Å². The second kappa shape index (κ2) is 9.47. The molecule has 0 aliphatic carbocycles. The number of carbonyl (C=O) groups is 1. The number of anilines is 1. The molecule has 8 nitrogen and oxygen atoms in total. The number of benzene rings is 1. The highest BCUT2D eigenvalue weighted by molar-refractivity contribution is 5.97. The zero-order chi connectivity index (χ0) is 21.7. The Morgan fingerprint density at radius 2 is 1.67 bits per heavy atom. The van der Waals surface area contributed by atoms with Gasteiger partial charge in [-0.05, 0) is 52.8 Å². The van der Waals surface area contributed by atoms with Crippen molar-refractivity contribution in [1.29, 1.82) is 0 Å². The molecule has 0 atom stereocenters. The van der Waals surface area contributed by atoms with Gasteiger partial charge in [-0.25, -0.2) is 9.97 Å². The van der Waals surface area contributed by atoms with Gasteiger partial charge in [-0.15, -0.1) is 0 Å². The molecule has 2 aromatic heterocycles. The van der Waals surface area contributed by atoms with E-state index in [1.807, 2.05) is 56.0 Å². The Balaban J connectivity index is 1.80. The van der Waals surface area contributed by atoms with Crippen molar-refractivity contribution in [3.63, 3.8) is 0 Å². The maximum absolute atomic E-state index is 13.3. The van der Waals surface area contributed by atoms with E-state index in [9.17, 15) is 4.79 Å². The SMILES string of the molecule is CCN(CCN(c1nc(C)cc(C)n1)C(C)C)C(=O)c1ccccc1-n1nccn1. The molecule has 0 spiro atoms. The summed E-state index contributed by atoms with van der Waals surface area (Å²) in [6, 6.07) is 9.58. The van der Waals surface area contributed by atoms with Crippen LogP contribution in [0.1, 0.15) is 42.5 Å². The Bertz CT molecular complexity index is 965. The molecule has 30 heavy (non-hydrogen) atoms. The second-order valence-corrected chi connectivity index (χ2v) is 7.46. The molecular formula is C22H29N7O. The van der Waals surface area contributed by atoms with E-state index in [4.69, 9.17) is 0 Å². The predicted molar refractivity (Wildman–Crippen MR) is 117 cm³/mol. The summed E-state index contributed by atoms with van der Waals surface area (Å²) in [7, 11) is 0. The van der Waals surface area contributed by atoms with E-state index < -0.39 is 0 Å². The number of carbonyl (C=O) groups excluding carboxylic acids is 1. The lowest BCUT2D eigenvalue weighted by Crippen LogP contribution is -2.42. The molecule has 0 saturated heterocycles. The maximum Gasteiger partial charge on any atom is 0.256 e. The third-order valence-electron chi connectivity index (χ3n) is 4.90. The van der Waals surface area contributed by atoms with Gasteiger partial charge in [-0.2, -0.15) is 15.0 Å². The number of nitrogens with zero attached hydrogens (tertiary/aromatic N) is 7. The third-order valence-corrected chi connectivity index (χ3v) is 4.90. The van der Waals surface area contributed by atoms with Crippen molar-refractivity contribution >= 4 is 11.9 Å². The highest BCUT2D eigenvalue weighted by Gasteiger charge is 2.21. The first-order valence-corrected chi connectivity index (χ1v) is 10.2. The number of aryl methyl sites for hydroxylation is 2. The summed E-state index contributed by atoms with van der Waals surface area (Å²) in [5.74, 6) is 0.655. The lowest BCUT2D eigenvalue weighted by Gasteiger charge is -2.30. The first-order valence-electron chi connectivity index (χ1n) is 10.2. The van der Waals surface area contributed by atoms with Gasteiger partial charge in [0.05, 0.1) is 23.6 Å². The van der Waals surface area contributed by atoms with Crippen molar-refractivity contribution in [3.8, 4) is 5.69 Å². The minimum absolute atomic E-state index is 0.0459. The van der Waals surface area contributed by atoms with Crippen LogP contribution in [0, 0.1) is 13.8 Å². The van der Waals surface area contributed by atoms with Crippen LogP contribution in [0.3, 0.4) is 0 Å². The van der Waals surface area contributed by atoms with Crippen molar-refractivity contribution in [2.45, 2.75) is 40.7 Å². The van der Waals surface area contributed by atoms with Gasteiger partial charge >= 0.3 is 0 Å². The third kappa shape index (κ3) is 4.82. The van der Waals surface area contributed by atoms with Crippen molar-refractivity contribution in [2.24, 2.45) is 0 Å². The van der Waals surface area contributed by atoms with Crippen molar-refractivity contribution < 1.29 is 4.79 Å². The van der Waals surface area contributed by atoms with Gasteiger partial charge in [-0.3, -0.25) is 4.79 Å². The van der Waals surface area contributed by atoms with Crippen LogP contribution in [0.4, 0.5) is 5.95 Å². The van der Waals surface area contributed by atoms with Gasteiger partial charge in [-0.1, -0.05) is 12.1 Å². The van der Waals surface area contributed by atoms with Gasteiger partial charge in [0.1, 0.15) is 0 Å². The molecule has 0 unspecified atom stereocenters. The average molecular weight is 408 g/mol. The van der Waals surface area contributed by atoms with Crippen LogP contribution in [-0.4, -0.2) is 61.4 Å². The summed E-state index contributed by atoms with van der Waals surface area (Å²) in [4.78, 5) is 28.0. The van der Waals surface area contributed by atoms with Crippen LogP contribution < -0.4 is 4.90 Å². The van der Waals surface area contributed by atoms with Crippen molar-refractivity contribution in [1.82, 2.24) is 29.9 Å². The van der Waals surface area contributed by atoms with E-state index in [0.717, 1.165) is 11.4 Å². The minimum Gasteiger partial charge on any atom is -0.337 e. The molecule has 0 N–H and O–H groups in total. The van der Waals surface area contributed by atoms with Gasteiger partial charge in [0.15, 0.2) is 0 Å². The number of amides is 1. The summed E-state index contributed by atoms with van der Waals surface area (Å²) in [5.41, 5.74) is 3.12. The number of hydrogen-bond donors (Lipinski definition) is 0. The number of rotatable bonds is 8. The molecule has 0 aliphatic heterocycles. The Labute approximate surface area is 177 Å². The van der Waals surface area contributed by atoms with Crippen LogP contribution in [0.25, 0.3) is 5.69 Å². The standard InChI is InChI=1S/C22H29N7O/c1-6-27(13-14-28(16(2)3)22-25-17(4)15-18(5)26-22)21(30)19-9-7-8-10-20(19)29-23-11-12-24-29/h7-12,15-16H,6,13-14H2,1-5H3. The smallest absolute Gasteiger partial charge is 0.256 e. The van der Waals surface area contributed by atoms with E-state index in [1.54, 1.807) is 12.4 Å². The van der Waals surface area contributed by atoms with Crippen LogP contribution >= 0.6 is 0 Å². The normalized spacial score (nSPS) is 11.0. The predicted octanol–water partition coefficient (Wildman–Crippen LogP) is 3.05. The van der Waals surface area contributed by atoms with E-state index in [0.29, 0.717) is 36.8 Å². The molecule has 8 heteroatoms. The fourth-order valence-electron chi connectivity index (χ4n) is 3.40. The molecule has 0 bridgehead atoms. The molecule has 0 saturated carbocycles. The highest BCUT2D eigenvalue weighted by atomic mass is 16.2. The summed E-state index contributed by atoms with van der Waals surface area (Å²) in [6.07, 6.45) is 3.20. The quantitative estimate of drug-likeness (QED) is 0.571. The molecule has 0 aliphatic rings. The number of para-hydroxylation sites is 1. The Hall–Kier alpha value is -3.29. The summed E-state index contributed by atoms with van der Waals surface area (Å²) >= 11 is 0. The van der Waals surface area contributed by atoms with Crippen LogP contribution in [0.15, 0.2) is 42.7 Å². The van der Waals surface area contributed by atoms with E-state index in [1.165, 1.54) is 4.80 Å². The van der Waals surface area contributed by atoms with E-state index in [2.05, 4.69) is 38.9 Å². The van der Waals surface area contributed by atoms with Crippen LogP contribution in [-0.2, 0) is 0 Å². The lowest BCUT2D eigenvalue weighted by atomic mass is 10.1. The Morgan fingerprint density at radius 3 is 2.27 bits per heavy atom. The topological polar surface area (TPSA) is 80.0 Å². The Kier molecular flexibility index (Phi) is 6.76. The summed E-state index contributed by atoms with van der Waals surface area (Å²) in [6.45, 7) is 11.9. The average Bonchev–Trinajstić information content (AvgIpc) is 3.24. The zero-order valence-electron chi connectivity index (χ0n) is 18.3. The first-order chi connectivity index (χ1) is 14.4. The van der Waals surface area contributed by atoms with Crippen LogP contribution in [0.2, 0.25) is 0 Å². The fraction of sp³-hybridized carbons (Fsp3) is 0.409. The fourth-order valence-corrected chi connectivity index (χ4v) is 3.40. The largest absolute Gasteiger partial charge is 0.337 e. The van der Waals surface area contributed by atoms with Gasteiger partial charge in [0, 0.05) is 37.1 Å². The summed E-state index contributed by atoms with van der Waals surface area (Å²) < 4.78 is 0. The molecule has 3 aromatic rings. The monoisotopic (exact) mass is 407 g/mol. The molecule has 1 amide bonds. The first kappa shape index (κ1) is 21.4. The molecular weight excluding hydrogens is 378 g/mol. The molecule has 1 aromatic carbocycles. The second-order valence-electron chi connectivity index (χ2n) is 7.46. The minimum atomic E-state index is -0.0459. The molecule has 0 radical (unpaired) electrons. The van der Waals surface area contributed by atoms with Gasteiger partial charge in [0.25, 0.3) is 5.91 Å². The summed E-state index contributed by atoms with van der Waals surface area (Å²) in [5, 5.41) is 8.36. The van der Waals surface area contributed by atoms with Crippen molar-refractivity contribution in [3.05, 3.63) is 59.7 Å². The maximum atomic E-state index is 13.3. The van der Waals surface area contributed by atoms with E-state index >= 15 is 0 Å². The highest BCUT2D eigenvalue weighted by Crippen LogP contribution is 2.17. The molecule has 0 fully saturated rings. The van der Waals surface area contributed by atoms with Gasteiger partial charge < -0.3 is 9.80 Å². The molecule has 2 heterocycles. The Morgan fingerprint density at radius 1 is 1.03 bits per heavy atom. The van der Waals surface area contributed by atoms with E-state index in [-0.39, 0.29) is 11.9 Å². The number of aromatic nitrogens is 5. The van der Waals surface area contributed by atoms with Gasteiger partial charge in [0.2, 0.25) is 5.95 Å². The zero-order valence-corrected chi connectivity index (χ0v) is 18.3. The molecule has 3 rings (SSSR count). The lowest BCUT2D eigenvalue weighted by molar-refractivity contribution is 0.0767.